The van der Waals surface area contributed by atoms with Gasteiger partial charge in [0, 0.05) is 16.7 Å². The molecule has 0 fully saturated rings. The van der Waals surface area contributed by atoms with E-state index < -0.39 is 0 Å². The van der Waals surface area contributed by atoms with Crippen molar-refractivity contribution in [3.05, 3.63) is 60.2 Å². The number of carbonyl (C=O) groups excluding carboxylic acids is 1. The topological polar surface area (TPSA) is 38.3 Å². The van der Waals surface area contributed by atoms with Gasteiger partial charge in [-0.2, -0.15) is 0 Å². The Morgan fingerprint density at radius 3 is 2.41 bits per heavy atom. The van der Waals surface area contributed by atoms with Crippen molar-refractivity contribution >= 4 is 29.4 Å². The van der Waals surface area contributed by atoms with Gasteiger partial charge < -0.3 is 10.1 Å². The second kappa shape index (κ2) is 8.29. The van der Waals surface area contributed by atoms with Crippen LogP contribution in [0.2, 0.25) is 0 Å². The Morgan fingerprint density at radius 1 is 1.14 bits per heavy atom. The maximum Gasteiger partial charge on any atom is 0.248 e. The first-order valence-electron chi connectivity index (χ1n) is 7.07. The minimum atomic E-state index is -0.147. The average Bonchev–Trinajstić information content (AvgIpc) is 2.55. The molecule has 114 valence electrons. The first-order valence-corrected chi connectivity index (χ1v) is 8.29. The summed E-state index contributed by atoms with van der Waals surface area (Å²) in [6, 6.07) is 15.4. The van der Waals surface area contributed by atoms with Crippen molar-refractivity contribution in [2.45, 2.75) is 11.8 Å². The molecule has 0 saturated carbocycles. The van der Waals surface area contributed by atoms with Crippen molar-refractivity contribution in [1.82, 2.24) is 0 Å². The van der Waals surface area contributed by atoms with Crippen LogP contribution in [0.4, 0.5) is 5.69 Å². The van der Waals surface area contributed by atoms with Crippen LogP contribution in [-0.2, 0) is 4.79 Å². The maximum atomic E-state index is 11.9. The predicted octanol–water partition coefficient (Wildman–Crippen LogP) is 4.46. The normalized spacial score (nSPS) is 10.6. The van der Waals surface area contributed by atoms with E-state index in [2.05, 4.69) is 5.32 Å². The Hall–Kier alpha value is -2.20. The van der Waals surface area contributed by atoms with Gasteiger partial charge in [0.15, 0.2) is 0 Å². The minimum absolute atomic E-state index is 0.147. The molecule has 0 spiro atoms. The molecule has 22 heavy (non-hydrogen) atoms. The zero-order valence-electron chi connectivity index (χ0n) is 12.7. The molecule has 0 aliphatic carbocycles. The van der Waals surface area contributed by atoms with Gasteiger partial charge in [0.1, 0.15) is 5.75 Å². The van der Waals surface area contributed by atoms with Gasteiger partial charge in [0.05, 0.1) is 6.61 Å². The van der Waals surface area contributed by atoms with E-state index in [0.29, 0.717) is 6.61 Å². The lowest BCUT2D eigenvalue weighted by Crippen LogP contribution is -2.07. The molecular weight excluding hydrogens is 294 g/mol. The second-order valence-electron chi connectivity index (χ2n) is 4.55. The summed E-state index contributed by atoms with van der Waals surface area (Å²) in [5.41, 5.74) is 1.75. The Morgan fingerprint density at radius 2 is 1.82 bits per heavy atom. The second-order valence-corrected chi connectivity index (χ2v) is 5.43. The van der Waals surface area contributed by atoms with Crippen molar-refractivity contribution in [3.8, 4) is 5.75 Å². The number of rotatable bonds is 6. The minimum Gasteiger partial charge on any atom is -0.494 e. The Bertz CT molecular complexity index is 633. The molecule has 0 unspecified atom stereocenters. The van der Waals surface area contributed by atoms with E-state index in [0.717, 1.165) is 17.0 Å². The smallest absolute Gasteiger partial charge is 0.248 e. The SMILES string of the molecule is CCOc1ccc(/C=C/C(=O)Nc2ccc(SC)cc2)cc1. The van der Waals surface area contributed by atoms with Crippen LogP contribution in [0.25, 0.3) is 6.08 Å². The monoisotopic (exact) mass is 313 g/mol. The number of hydrogen-bond acceptors (Lipinski definition) is 3. The average molecular weight is 313 g/mol. The van der Waals surface area contributed by atoms with E-state index in [1.165, 1.54) is 11.0 Å². The van der Waals surface area contributed by atoms with Gasteiger partial charge in [-0.1, -0.05) is 12.1 Å². The first-order chi connectivity index (χ1) is 10.7. The molecule has 0 aliphatic rings. The van der Waals surface area contributed by atoms with Gasteiger partial charge >= 0.3 is 0 Å². The number of amides is 1. The van der Waals surface area contributed by atoms with Gasteiger partial charge in [0.2, 0.25) is 5.91 Å². The third-order valence-corrected chi connectivity index (χ3v) is 3.72. The fraction of sp³-hybridized carbons (Fsp3) is 0.167. The third kappa shape index (κ3) is 4.97. The van der Waals surface area contributed by atoms with Crippen LogP contribution in [0.3, 0.4) is 0 Å². The highest BCUT2D eigenvalue weighted by molar-refractivity contribution is 7.98. The highest BCUT2D eigenvalue weighted by Crippen LogP contribution is 2.17. The molecule has 1 N–H and O–H groups in total. The Kier molecular flexibility index (Phi) is 6.10. The van der Waals surface area contributed by atoms with E-state index in [1.807, 2.05) is 61.7 Å². The van der Waals surface area contributed by atoms with Gasteiger partial charge in [-0.15, -0.1) is 11.8 Å². The summed E-state index contributed by atoms with van der Waals surface area (Å²) in [6.07, 6.45) is 5.33. The van der Waals surface area contributed by atoms with Crippen molar-refractivity contribution in [2.75, 3.05) is 18.2 Å². The third-order valence-electron chi connectivity index (χ3n) is 2.98. The summed E-state index contributed by atoms with van der Waals surface area (Å²) in [6.45, 7) is 2.59. The molecule has 0 bridgehead atoms. The summed E-state index contributed by atoms with van der Waals surface area (Å²) in [5, 5.41) is 2.84. The molecule has 2 aromatic rings. The zero-order chi connectivity index (χ0) is 15.8. The van der Waals surface area contributed by atoms with Gasteiger partial charge in [-0.3, -0.25) is 4.79 Å². The van der Waals surface area contributed by atoms with Crippen molar-refractivity contribution in [1.29, 1.82) is 0 Å². The van der Waals surface area contributed by atoms with Crippen LogP contribution in [0.1, 0.15) is 12.5 Å². The summed E-state index contributed by atoms with van der Waals surface area (Å²) < 4.78 is 5.38. The molecule has 3 nitrogen and oxygen atoms in total. The van der Waals surface area contributed by atoms with Crippen molar-refractivity contribution in [3.63, 3.8) is 0 Å². The largest absolute Gasteiger partial charge is 0.494 e. The van der Waals surface area contributed by atoms with Gasteiger partial charge in [-0.05, 0) is 61.2 Å². The first kappa shape index (κ1) is 16.2. The lowest BCUT2D eigenvalue weighted by Gasteiger charge is -2.03. The number of anilines is 1. The molecule has 0 radical (unpaired) electrons. The molecule has 2 aromatic carbocycles. The standard InChI is InChI=1S/C18H19NO2S/c1-3-21-16-9-4-14(5-10-16)6-13-18(20)19-15-7-11-17(22-2)12-8-15/h4-13H,3H2,1-2H3,(H,19,20)/b13-6+. The van der Waals surface area contributed by atoms with Crippen LogP contribution in [0, 0.1) is 0 Å². The predicted molar refractivity (Wildman–Crippen MR) is 93.5 cm³/mol. The number of benzene rings is 2. The van der Waals surface area contributed by atoms with Crippen LogP contribution >= 0.6 is 11.8 Å². The maximum absolute atomic E-state index is 11.9. The van der Waals surface area contributed by atoms with Gasteiger partial charge in [-0.25, -0.2) is 0 Å². The number of nitrogens with one attached hydrogen (secondary N) is 1. The number of carbonyl (C=O) groups is 1. The van der Waals surface area contributed by atoms with E-state index in [9.17, 15) is 4.79 Å². The fourth-order valence-electron chi connectivity index (χ4n) is 1.87. The fourth-order valence-corrected chi connectivity index (χ4v) is 2.28. The number of hydrogen-bond donors (Lipinski definition) is 1. The quantitative estimate of drug-likeness (QED) is 0.632. The summed E-state index contributed by atoms with van der Waals surface area (Å²) in [4.78, 5) is 13.1. The van der Waals surface area contributed by atoms with E-state index >= 15 is 0 Å². The van der Waals surface area contributed by atoms with Crippen LogP contribution in [0.15, 0.2) is 59.5 Å². The van der Waals surface area contributed by atoms with Crippen LogP contribution < -0.4 is 10.1 Å². The number of ether oxygens (including phenoxy) is 1. The van der Waals surface area contributed by atoms with E-state index in [-0.39, 0.29) is 5.91 Å². The molecule has 2 rings (SSSR count). The Balaban J connectivity index is 1.92. The van der Waals surface area contributed by atoms with Crippen molar-refractivity contribution < 1.29 is 9.53 Å². The molecule has 0 atom stereocenters. The lowest BCUT2D eigenvalue weighted by molar-refractivity contribution is -0.111. The molecule has 4 heteroatoms. The molecule has 0 heterocycles. The van der Waals surface area contributed by atoms with Gasteiger partial charge in [0.25, 0.3) is 0 Å². The van der Waals surface area contributed by atoms with E-state index in [4.69, 9.17) is 4.74 Å². The van der Waals surface area contributed by atoms with Crippen LogP contribution in [-0.4, -0.2) is 18.8 Å². The van der Waals surface area contributed by atoms with Crippen molar-refractivity contribution in [2.24, 2.45) is 0 Å². The number of thioether (sulfide) groups is 1. The summed E-state index contributed by atoms with van der Waals surface area (Å²) in [7, 11) is 0. The molecular formula is C18H19NO2S. The molecule has 0 aliphatic heterocycles. The molecule has 1 amide bonds. The summed E-state index contributed by atoms with van der Waals surface area (Å²) >= 11 is 1.67. The highest BCUT2D eigenvalue weighted by Gasteiger charge is 1.98. The summed E-state index contributed by atoms with van der Waals surface area (Å²) in [5.74, 6) is 0.684. The highest BCUT2D eigenvalue weighted by atomic mass is 32.2. The van der Waals surface area contributed by atoms with E-state index in [1.54, 1.807) is 17.8 Å². The Labute approximate surface area is 135 Å². The van der Waals surface area contributed by atoms with Crippen LogP contribution in [0.5, 0.6) is 5.75 Å². The molecule has 0 saturated heterocycles. The lowest BCUT2D eigenvalue weighted by atomic mass is 10.2. The molecule has 0 aromatic heterocycles. The zero-order valence-corrected chi connectivity index (χ0v) is 13.5.